The number of rotatable bonds is 7. The topological polar surface area (TPSA) is 41.6 Å². The molecule has 204 valence electrons. The smallest absolute Gasteiger partial charge is 0.338 e. The monoisotopic (exact) mass is 610 g/mol. The molecule has 2 atom stereocenters. The summed E-state index contributed by atoms with van der Waals surface area (Å²) in [7, 11) is 0. The maximum absolute atomic E-state index is 13.8. The highest BCUT2D eigenvalue weighted by Gasteiger charge is 2.41. The summed E-state index contributed by atoms with van der Waals surface area (Å²) in [6.07, 6.45) is 0.491. The second kappa shape index (κ2) is 12.6. The molecule has 5 rings (SSSR count). The molecule has 1 aliphatic rings. The molecule has 1 heterocycles. The number of esters is 1. The molecule has 0 bridgehead atoms. The van der Waals surface area contributed by atoms with Gasteiger partial charge in [0.25, 0.3) is 0 Å². The van der Waals surface area contributed by atoms with Crippen LogP contribution in [0.25, 0.3) is 0 Å². The molecule has 1 aliphatic heterocycles. The van der Waals surface area contributed by atoms with Gasteiger partial charge in [-0.15, -0.1) is 0 Å². The van der Waals surface area contributed by atoms with Gasteiger partial charge in [-0.1, -0.05) is 70.7 Å². The highest BCUT2D eigenvalue weighted by molar-refractivity contribution is 6.31. The fraction of sp³-hybridized carbons (Fsp3) is 0.156. The van der Waals surface area contributed by atoms with Crippen LogP contribution in [0.1, 0.15) is 36.6 Å². The normalized spacial score (nSPS) is 17.1. The van der Waals surface area contributed by atoms with Crippen LogP contribution in [0.5, 0.6) is 0 Å². The van der Waals surface area contributed by atoms with Crippen molar-refractivity contribution < 1.29 is 9.53 Å². The van der Waals surface area contributed by atoms with Crippen molar-refractivity contribution in [2.24, 2.45) is 0 Å². The summed E-state index contributed by atoms with van der Waals surface area (Å²) in [5, 5.41) is 6.02. The summed E-state index contributed by atoms with van der Waals surface area (Å²) in [5.74, 6) is -0.396. The fourth-order valence-corrected chi connectivity index (χ4v) is 5.54. The van der Waals surface area contributed by atoms with Crippen LogP contribution < -0.4 is 10.2 Å². The first kappa shape index (κ1) is 28.4. The Morgan fingerprint density at radius 3 is 1.75 bits per heavy atom. The quantitative estimate of drug-likeness (QED) is 0.211. The molecule has 0 spiro atoms. The molecule has 0 fully saturated rings. The van der Waals surface area contributed by atoms with Gasteiger partial charge in [-0.2, -0.15) is 0 Å². The average molecular weight is 612 g/mol. The Kier molecular flexibility index (Phi) is 8.92. The van der Waals surface area contributed by atoms with E-state index in [4.69, 9.17) is 51.1 Å². The minimum atomic E-state index is -0.512. The fourth-order valence-electron chi connectivity index (χ4n) is 5.03. The molecule has 0 radical (unpaired) electrons. The standard InChI is InChI=1S/C32H26Cl4N2O2/c1-2-40-32(39)30-28(37-26-15-11-24(35)12-16-26)19-29(20-3-7-22(33)8-4-20)38(27-17-13-25(36)14-18-27)31(30)21-5-9-23(34)10-6-21/h3-18,29,31,37H,2,19H2,1H3/t29-,31+/m0/s1. The van der Waals surface area contributed by atoms with E-state index in [-0.39, 0.29) is 12.6 Å². The molecular formula is C32H26Cl4N2O2. The summed E-state index contributed by atoms with van der Waals surface area (Å²) < 4.78 is 5.65. The summed E-state index contributed by atoms with van der Waals surface area (Å²) in [4.78, 5) is 16.0. The Bertz CT molecular complexity index is 1500. The van der Waals surface area contributed by atoms with E-state index in [1.807, 2.05) is 97.1 Å². The van der Waals surface area contributed by atoms with Gasteiger partial charge in [0.2, 0.25) is 0 Å². The molecule has 4 aromatic rings. The van der Waals surface area contributed by atoms with Gasteiger partial charge in [-0.25, -0.2) is 4.79 Å². The van der Waals surface area contributed by atoms with E-state index in [9.17, 15) is 4.79 Å². The first-order valence-corrected chi connectivity index (χ1v) is 14.3. The SMILES string of the molecule is CCOC(=O)C1=C(Nc2ccc(Cl)cc2)C[C@@H](c2ccc(Cl)cc2)N(c2ccc(Cl)cc2)[C@@H]1c1ccc(Cl)cc1. The van der Waals surface area contributed by atoms with Crippen LogP contribution in [0.4, 0.5) is 11.4 Å². The Labute approximate surface area is 254 Å². The third-order valence-corrected chi connectivity index (χ3v) is 7.82. The number of ether oxygens (including phenoxy) is 1. The zero-order valence-corrected chi connectivity index (χ0v) is 24.6. The number of nitrogens with one attached hydrogen (secondary N) is 1. The van der Waals surface area contributed by atoms with Crippen LogP contribution in [-0.4, -0.2) is 12.6 Å². The van der Waals surface area contributed by atoms with Crippen LogP contribution in [0, 0.1) is 0 Å². The Morgan fingerprint density at radius 2 is 1.23 bits per heavy atom. The van der Waals surface area contributed by atoms with Crippen LogP contribution in [0.15, 0.2) is 108 Å². The number of hydrogen-bond acceptors (Lipinski definition) is 4. The Hall–Kier alpha value is -3.15. The lowest BCUT2D eigenvalue weighted by Crippen LogP contribution is -2.41. The number of nitrogens with zero attached hydrogens (tertiary/aromatic N) is 1. The lowest BCUT2D eigenvalue weighted by Gasteiger charge is -2.46. The van der Waals surface area contributed by atoms with Gasteiger partial charge in [0.1, 0.15) is 0 Å². The molecule has 0 saturated heterocycles. The molecule has 0 aliphatic carbocycles. The zero-order valence-electron chi connectivity index (χ0n) is 21.6. The summed E-state index contributed by atoms with van der Waals surface area (Å²) >= 11 is 25.0. The highest BCUT2D eigenvalue weighted by Crippen LogP contribution is 2.48. The van der Waals surface area contributed by atoms with Gasteiger partial charge in [-0.05, 0) is 90.8 Å². The van der Waals surface area contributed by atoms with Crippen molar-refractivity contribution in [2.75, 3.05) is 16.8 Å². The highest BCUT2D eigenvalue weighted by atomic mass is 35.5. The van der Waals surface area contributed by atoms with Gasteiger partial charge >= 0.3 is 5.97 Å². The van der Waals surface area contributed by atoms with E-state index >= 15 is 0 Å². The number of hydrogen-bond donors (Lipinski definition) is 1. The number of anilines is 2. The molecule has 0 unspecified atom stereocenters. The van der Waals surface area contributed by atoms with Crippen molar-refractivity contribution in [3.63, 3.8) is 0 Å². The van der Waals surface area contributed by atoms with Crippen molar-refractivity contribution in [1.29, 1.82) is 0 Å². The minimum Gasteiger partial charge on any atom is -0.463 e. The van der Waals surface area contributed by atoms with E-state index in [2.05, 4.69) is 10.2 Å². The van der Waals surface area contributed by atoms with Crippen LogP contribution >= 0.6 is 46.4 Å². The number of benzene rings is 4. The van der Waals surface area contributed by atoms with Crippen molar-refractivity contribution in [3.8, 4) is 0 Å². The number of halogens is 4. The first-order chi connectivity index (χ1) is 19.3. The van der Waals surface area contributed by atoms with Crippen LogP contribution in [-0.2, 0) is 9.53 Å². The largest absolute Gasteiger partial charge is 0.463 e. The summed E-state index contributed by atoms with van der Waals surface area (Å²) in [6, 6.07) is 29.7. The second-order valence-corrected chi connectivity index (χ2v) is 11.1. The van der Waals surface area contributed by atoms with Crippen molar-refractivity contribution in [2.45, 2.75) is 25.4 Å². The van der Waals surface area contributed by atoms with Gasteiger partial charge < -0.3 is 15.0 Å². The van der Waals surface area contributed by atoms with Crippen molar-refractivity contribution >= 4 is 63.7 Å². The maximum atomic E-state index is 13.8. The van der Waals surface area contributed by atoms with E-state index in [1.54, 1.807) is 6.92 Å². The zero-order chi connectivity index (χ0) is 28.2. The average Bonchev–Trinajstić information content (AvgIpc) is 2.95. The van der Waals surface area contributed by atoms with Gasteiger partial charge in [0.05, 0.1) is 24.3 Å². The predicted molar refractivity (Wildman–Crippen MR) is 166 cm³/mol. The summed E-state index contributed by atoms with van der Waals surface area (Å²) in [5.41, 5.74) is 4.90. The van der Waals surface area contributed by atoms with Crippen LogP contribution in [0.3, 0.4) is 0 Å². The third-order valence-electron chi connectivity index (χ3n) is 6.81. The van der Waals surface area contributed by atoms with Crippen molar-refractivity contribution in [1.82, 2.24) is 0 Å². The van der Waals surface area contributed by atoms with Gasteiger partial charge in [0, 0.05) is 43.6 Å². The lowest BCUT2D eigenvalue weighted by atomic mass is 9.84. The molecule has 8 heteroatoms. The van der Waals surface area contributed by atoms with Crippen molar-refractivity contribution in [3.05, 3.63) is 140 Å². The number of carbonyl (C=O) groups is 1. The second-order valence-electron chi connectivity index (χ2n) is 9.35. The molecule has 0 aromatic heterocycles. The van der Waals surface area contributed by atoms with Crippen LogP contribution in [0.2, 0.25) is 20.1 Å². The summed E-state index contributed by atoms with van der Waals surface area (Å²) in [6.45, 7) is 2.05. The molecule has 1 N–H and O–H groups in total. The van der Waals surface area contributed by atoms with E-state index < -0.39 is 12.0 Å². The minimum absolute atomic E-state index is 0.174. The Balaban J connectivity index is 1.77. The van der Waals surface area contributed by atoms with E-state index in [0.29, 0.717) is 32.1 Å². The maximum Gasteiger partial charge on any atom is 0.338 e. The van der Waals surface area contributed by atoms with E-state index in [1.165, 1.54) is 0 Å². The predicted octanol–water partition coefficient (Wildman–Crippen LogP) is 9.92. The lowest BCUT2D eigenvalue weighted by molar-refractivity contribution is -0.139. The molecular weight excluding hydrogens is 586 g/mol. The molecule has 40 heavy (non-hydrogen) atoms. The van der Waals surface area contributed by atoms with Gasteiger partial charge in [0.15, 0.2) is 0 Å². The molecule has 4 nitrogen and oxygen atoms in total. The number of carbonyl (C=O) groups excluding carboxylic acids is 1. The molecule has 4 aromatic carbocycles. The third kappa shape index (κ3) is 6.26. The Morgan fingerprint density at radius 1 is 0.750 bits per heavy atom. The molecule has 0 saturated carbocycles. The molecule has 0 amide bonds. The van der Waals surface area contributed by atoms with E-state index in [0.717, 1.165) is 28.2 Å². The van der Waals surface area contributed by atoms with Gasteiger partial charge in [-0.3, -0.25) is 0 Å². The first-order valence-electron chi connectivity index (χ1n) is 12.8.